The molecule has 0 N–H and O–H groups in total. The molecular weight excluding hydrogens is 651 g/mol. The van der Waals surface area contributed by atoms with Crippen LogP contribution in [0.25, 0.3) is 75.1 Å². The molecule has 1 aliphatic carbocycles. The van der Waals surface area contributed by atoms with E-state index in [0.29, 0.717) is 0 Å². The van der Waals surface area contributed by atoms with Gasteiger partial charge in [0.05, 0.1) is 16.8 Å². The fourth-order valence-electron chi connectivity index (χ4n) is 8.85. The van der Waals surface area contributed by atoms with E-state index in [9.17, 15) is 0 Å². The molecule has 0 fully saturated rings. The first kappa shape index (κ1) is 29.6. The molecule has 11 rings (SSSR count). The maximum Gasteiger partial charge on any atom is 0.145 e. The van der Waals surface area contributed by atoms with Gasteiger partial charge in [-0.05, 0) is 75.5 Å². The normalized spacial score (nSPS) is 13.3. The van der Waals surface area contributed by atoms with Gasteiger partial charge in [0, 0.05) is 47.8 Å². The van der Waals surface area contributed by atoms with Crippen molar-refractivity contribution in [3.8, 4) is 22.3 Å². The summed E-state index contributed by atoms with van der Waals surface area (Å²) in [5, 5.41) is 7.24. The van der Waals surface area contributed by atoms with Gasteiger partial charge < -0.3 is 9.32 Å². The van der Waals surface area contributed by atoms with Crippen molar-refractivity contribution in [3.05, 3.63) is 175 Å². The van der Waals surface area contributed by atoms with Gasteiger partial charge in [0.2, 0.25) is 0 Å². The summed E-state index contributed by atoms with van der Waals surface area (Å²) >= 11 is 1.86. The summed E-state index contributed by atoms with van der Waals surface area (Å²) in [6.45, 7) is 4.71. The quantitative estimate of drug-likeness (QED) is 0.184. The topological polar surface area (TPSA) is 16.4 Å². The summed E-state index contributed by atoms with van der Waals surface area (Å²) in [6, 6.07) is 59.8. The highest BCUT2D eigenvalue weighted by molar-refractivity contribution is 7.25. The van der Waals surface area contributed by atoms with Crippen molar-refractivity contribution in [2.24, 2.45) is 0 Å². The molecular formula is C49H33NOS. The number of hydrogen-bond acceptors (Lipinski definition) is 3. The fourth-order valence-corrected chi connectivity index (χ4v) is 9.99. The van der Waals surface area contributed by atoms with Crippen molar-refractivity contribution >= 4 is 81.3 Å². The smallest absolute Gasteiger partial charge is 0.145 e. The van der Waals surface area contributed by atoms with Crippen LogP contribution in [0, 0.1) is 0 Å². The lowest BCUT2D eigenvalue weighted by molar-refractivity contribution is 0.660. The molecule has 3 heteroatoms. The van der Waals surface area contributed by atoms with Crippen LogP contribution in [0.15, 0.2) is 168 Å². The summed E-state index contributed by atoms with van der Waals surface area (Å²) in [6.07, 6.45) is 0. The number of thiophene rings is 1. The van der Waals surface area contributed by atoms with Crippen LogP contribution in [-0.4, -0.2) is 0 Å². The molecule has 10 aromatic rings. The highest BCUT2D eigenvalue weighted by Crippen LogP contribution is 2.56. The average Bonchev–Trinajstić information content (AvgIpc) is 3.83. The van der Waals surface area contributed by atoms with E-state index in [0.717, 1.165) is 38.9 Å². The van der Waals surface area contributed by atoms with E-state index >= 15 is 0 Å². The summed E-state index contributed by atoms with van der Waals surface area (Å²) in [7, 11) is 0. The van der Waals surface area contributed by atoms with E-state index in [1.807, 2.05) is 11.3 Å². The summed E-state index contributed by atoms with van der Waals surface area (Å²) in [4.78, 5) is 2.50. The van der Waals surface area contributed by atoms with Gasteiger partial charge in [-0.3, -0.25) is 0 Å². The predicted molar refractivity (Wildman–Crippen MR) is 222 cm³/mol. The molecule has 2 heterocycles. The predicted octanol–water partition coefficient (Wildman–Crippen LogP) is 14.6. The van der Waals surface area contributed by atoms with Crippen molar-refractivity contribution < 1.29 is 4.42 Å². The van der Waals surface area contributed by atoms with Crippen LogP contribution in [0.3, 0.4) is 0 Å². The van der Waals surface area contributed by atoms with Gasteiger partial charge in [-0.15, -0.1) is 11.3 Å². The lowest BCUT2D eigenvalue weighted by atomic mass is 9.82. The van der Waals surface area contributed by atoms with Gasteiger partial charge in [-0.2, -0.15) is 0 Å². The van der Waals surface area contributed by atoms with Gasteiger partial charge in [0.15, 0.2) is 0 Å². The highest BCUT2D eigenvalue weighted by atomic mass is 32.1. The van der Waals surface area contributed by atoms with E-state index in [-0.39, 0.29) is 5.41 Å². The van der Waals surface area contributed by atoms with E-state index < -0.39 is 0 Å². The van der Waals surface area contributed by atoms with E-state index in [2.05, 4.69) is 183 Å². The van der Waals surface area contributed by atoms with Crippen LogP contribution in [0.5, 0.6) is 0 Å². The molecule has 0 radical (unpaired) electrons. The lowest BCUT2D eigenvalue weighted by Crippen LogP contribution is -2.16. The SMILES string of the molecule is CC1(C)c2ccccc2-c2c(N(c3ccc4c(c3)sc3ccccc34)c3ccc(-c4cccc5ccccc45)c4oc5ccccc5c34)cccc21. The maximum absolute atomic E-state index is 6.92. The zero-order chi connectivity index (χ0) is 34.6. The minimum Gasteiger partial charge on any atom is -0.455 e. The molecule has 0 amide bonds. The van der Waals surface area contributed by atoms with Crippen LogP contribution in [0.2, 0.25) is 0 Å². The Morgan fingerprint density at radius 3 is 2.12 bits per heavy atom. The van der Waals surface area contributed by atoms with Crippen molar-refractivity contribution in [3.63, 3.8) is 0 Å². The number of para-hydroxylation sites is 1. The molecule has 0 aliphatic heterocycles. The Bertz CT molecular complexity index is 3060. The van der Waals surface area contributed by atoms with Gasteiger partial charge >= 0.3 is 0 Å². The zero-order valence-electron chi connectivity index (χ0n) is 28.9. The van der Waals surface area contributed by atoms with E-state index in [4.69, 9.17) is 4.42 Å². The van der Waals surface area contributed by atoms with Gasteiger partial charge in [0.25, 0.3) is 0 Å². The second-order valence-electron chi connectivity index (χ2n) is 14.4. The second-order valence-corrected chi connectivity index (χ2v) is 15.5. The molecule has 246 valence electrons. The minimum absolute atomic E-state index is 0.126. The Kier molecular flexibility index (Phi) is 6.21. The Morgan fingerprint density at radius 1 is 0.500 bits per heavy atom. The molecule has 1 aliphatic rings. The Morgan fingerprint density at radius 2 is 1.19 bits per heavy atom. The molecule has 0 saturated heterocycles. The number of rotatable bonds is 4. The van der Waals surface area contributed by atoms with Crippen LogP contribution in [-0.2, 0) is 5.41 Å². The monoisotopic (exact) mass is 683 g/mol. The highest BCUT2D eigenvalue weighted by Gasteiger charge is 2.38. The largest absolute Gasteiger partial charge is 0.455 e. The van der Waals surface area contributed by atoms with Gasteiger partial charge in [0.1, 0.15) is 11.2 Å². The molecule has 8 aromatic carbocycles. The number of furan rings is 1. The lowest BCUT2D eigenvalue weighted by Gasteiger charge is -2.29. The first-order valence-corrected chi connectivity index (χ1v) is 18.7. The second kappa shape index (κ2) is 10.9. The molecule has 0 unspecified atom stereocenters. The van der Waals surface area contributed by atoms with Crippen LogP contribution in [0.1, 0.15) is 25.0 Å². The Hall–Kier alpha value is -6.16. The van der Waals surface area contributed by atoms with Crippen LogP contribution in [0.4, 0.5) is 17.1 Å². The first-order chi connectivity index (χ1) is 25.6. The first-order valence-electron chi connectivity index (χ1n) is 17.9. The van der Waals surface area contributed by atoms with Crippen LogP contribution < -0.4 is 4.90 Å². The Labute approximate surface area is 305 Å². The molecule has 2 aromatic heterocycles. The van der Waals surface area contributed by atoms with E-state index in [1.54, 1.807) is 0 Å². The van der Waals surface area contributed by atoms with Crippen molar-refractivity contribution in [1.82, 2.24) is 0 Å². The maximum atomic E-state index is 6.92. The number of fused-ring (bicyclic) bond motifs is 10. The zero-order valence-corrected chi connectivity index (χ0v) is 29.7. The van der Waals surface area contributed by atoms with Crippen molar-refractivity contribution in [1.29, 1.82) is 0 Å². The summed E-state index contributed by atoms with van der Waals surface area (Å²) < 4.78 is 9.50. The third kappa shape index (κ3) is 4.11. The van der Waals surface area contributed by atoms with Gasteiger partial charge in [-0.25, -0.2) is 0 Å². The molecule has 0 saturated carbocycles. The molecule has 52 heavy (non-hydrogen) atoms. The molecule has 0 spiro atoms. The molecule has 2 nitrogen and oxygen atoms in total. The summed E-state index contributed by atoms with van der Waals surface area (Å²) in [5.74, 6) is 0. The number of benzene rings is 8. The molecule has 0 bridgehead atoms. The van der Waals surface area contributed by atoms with Gasteiger partial charge in [-0.1, -0.05) is 135 Å². The molecule has 0 atom stereocenters. The Balaban J connectivity index is 1.25. The fraction of sp³-hybridized carbons (Fsp3) is 0.0612. The number of hydrogen-bond donors (Lipinski definition) is 0. The standard InChI is InChI=1S/C49H33NOS/c1-49(2)39-20-8-5-17-37(39)46-40(49)21-12-22-41(46)50(31-25-26-35-34-16-7-10-24-44(34)52-45(35)29-31)42-28-27-36(33-19-11-14-30-13-3-4-15-32(30)33)48-47(42)38-18-6-9-23-43(38)51-48/h3-29H,1-2H3. The minimum atomic E-state index is -0.126. The van der Waals surface area contributed by atoms with Crippen LogP contribution >= 0.6 is 11.3 Å². The van der Waals surface area contributed by atoms with E-state index in [1.165, 1.54) is 64.4 Å². The van der Waals surface area contributed by atoms with Crippen molar-refractivity contribution in [2.45, 2.75) is 19.3 Å². The number of anilines is 3. The third-order valence-electron chi connectivity index (χ3n) is 11.3. The average molecular weight is 684 g/mol. The van der Waals surface area contributed by atoms with Crippen molar-refractivity contribution in [2.75, 3.05) is 4.90 Å². The number of nitrogens with zero attached hydrogens (tertiary/aromatic N) is 1. The summed E-state index contributed by atoms with van der Waals surface area (Å²) in [5.41, 5.74) is 12.6. The third-order valence-corrected chi connectivity index (χ3v) is 12.4.